The molecule has 0 amide bonds. The molecule has 1 aromatic heterocycles. The van der Waals surface area contributed by atoms with Crippen LogP contribution in [0.3, 0.4) is 0 Å². The Kier molecular flexibility index (Phi) is 5.24. The Bertz CT molecular complexity index is 537. The van der Waals surface area contributed by atoms with E-state index in [-0.39, 0.29) is 0 Å². The monoisotopic (exact) mass is 298 g/mol. The molecule has 1 atom stereocenters. The molecule has 0 aliphatic carbocycles. The van der Waals surface area contributed by atoms with E-state index in [9.17, 15) is 0 Å². The highest BCUT2D eigenvalue weighted by molar-refractivity contribution is 5.14. The average Bonchev–Trinajstić information content (AvgIpc) is 3.07. The Balaban J connectivity index is 1.48. The van der Waals surface area contributed by atoms with Crippen LogP contribution in [-0.2, 0) is 13.0 Å². The number of aromatic nitrogens is 2. The van der Waals surface area contributed by atoms with E-state index in [1.165, 1.54) is 24.9 Å². The molecule has 0 unspecified atom stereocenters. The van der Waals surface area contributed by atoms with Gasteiger partial charge in [0.2, 0.25) is 0 Å². The zero-order valence-corrected chi connectivity index (χ0v) is 13.4. The first kappa shape index (κ1) is 15.3. The van der Waals surface area contributed by atoms with Gasteiger partial charge in [0.15, 0.2) is 0 Å². The molecule has 3 rings (SSSR count). The van der Waals surface area contributed by atoms with E-state index >= 15 is 0 Å². The predicted molar refractivity (Wildman–Crippen MR) is 89.7 cm³/mol. The maximum Gasteiger partial charge on any atom is 0.120 e. The van der Waals surface area contributed by atoms with Crippen molar-refractivity contribution in [2.75, 3.05) is 26.7 Å². The summed E-state index contributed by atoms with van der Waals surface area (Å²) in [6.07, 6.45) is 7.46. The molecule has 1 N–H and O–H groups in total. The molecular formula is C18H26N4. The lowest BCUT2D eigenvalue weighted by Gasteiger charge is -2.37. The topological polar surface area (TPSA) is 35.2 Å². The number of nitrogens with zero attached hydrogens (tertiary/aromatic N) is 3. The Morgan fingerprint density at radius 2 is 2.18 bits per heavy atom. The maximum atomic E-state index is 4.35. The Hall–Kier alpha value is -1.65. The third kappa shape index (κ3) is 4.18. The van der Waals surface area contributed by atoms with E-state index in [0.29, 0.717) is 6.04 Å². The van der Waals surface area contributed by atoms with Crippen LogP contribution in [0.1, 0.15) is 24.2 Å². The molecule has 0 spiro atoms. The van der Waals surface area contributed by atoms with Crippen molar-refractivity contribution < 1.29 is 0 Å². The molecule has 2 heterocycles. The van der Waals surface area contributed by atoms with E-state index < -0.39 is 0 Å². The number of hydrogen-bond acceptors (Lipinski definition) is 3. The number of nitrogens with one attached hydrogen (secondary N) is 1. The first-order valence-electron chi connectivity index (χ1n) is 8.26. The number of rotatable bonds is 6. The van der Waals surface area contributed by atoms with Crippen LogP contribution < -0.4 is 0 Å². The number of likely N-dealkylation sites (tertiary alicyclic amines) is 1. The number of benzene rings is 1. The number of likely N-dealkylation sites (N-methyl/N-ethyl adjacent to an activating group) is 1. The van der Waals surface area contributed by atoms with Gasteiger partial charge in [0.05, 0.1) is 6.54 Å². The van der Waals surface area contributed by atoms with Gasteiger partial charge in [-0.25, -0.2) is 4.98 Å². The zero-order chi connectivity index (χ0) is 15.2. The molecule has 1 aliphatic heterocycles. The number of piperidine rings is 1. The normalized spacial score (nSPS) is 19.6. The summed E-state index contributed by atoms with van der Waals surface area (Å²) in [4.78, 5) is 12.6. The van der Waals surface area contributed by atoms with E-state index in [0.717, 1.165) is 31.9 Å². The highest BCUT2D eigenvalue weighted by Gasteiger charge is 2.23. The molecule has 1 aromatic carbocycles. The van der Waals surface area contributed by atoms with Crippen molar-refractivity contribution >= 4 is 0 Å². The Morgan fingerprint density at radius 1 is 1.32 bits per heavy atom. The van der Waals surface area contributed by atoms with Crippen molar-refractivity contribution in [2.45, 2.75) is 31.8 Å². The molecular weight excluding hydrogens is 272 g/mol. The van der Waals surface area contributed by atoms with Gasteiger partial charge in [0.1, 0.15) is 5.82 Å². The average molecular weight is 298 g/mol. The third-order valence-corrected chi connectivity index (χ3v) is 4.63. The summed E-state index contributed by atoms with van der Waals surface area (Å²) in [5.74, 6) is 1.08. The zero-order valence-electron chi connectivity index (χ0n) is 13.4. The summed E-state index contributed by atoms with van der Waals surface area (Å²) < 4.78 is 0. The van der Waals surface area contributed by atoms with Crippen molar-refractivity contribution in [3.05, 3.63) is 54.1 Å². The summed E-state index contributed by atoms with van der Waals surface area (Å²) in [5.41, 5.74) is 1.43. The lowest BCUT2D eigenvalue weighted by Crippen LogP contribution is -2.46. The largest absolute Gasteiger partial charge is 0.348 e. The van der Waals surface area contributed by atoms with Crippen molar-refractivity contribution in [3.63, 3.8) is 0 Å². The molecule has 1 saturated heterocycles. The molecule has 22 heavy (non-hydrogen) atoms. The van der Waals surface area contributed by atoms with Crippen LogP contribution >= 0.6 is 0 Å². The molecule has 1 aliphatic rings. The van der Waals surface area contributed by atoms with Gasteiger partial charge in [-0.3, -0.25) is 4.90 Å². The van der Waals surface area contributed by atoms with Crippen LogP contribution in [0.15, 0.2) is 42.7 Å². The maximum absolute atomic E-state index is 4.35. The highest BCUT2D eigenvalue weighted by atomic mass is 15.2. The van der Waals surface area contributed by atoms with Crippen LogP contribution in [0.2, 0.25) is 0 Å². The molecule has 1 fully saturated rings. The quantitative estimate of drug-likeness (QED) is 0.890. The van der Waals surface area contributed by atoms with E-state index in [1.807, 2.05) is 12.4 Å². The van der Waals surface area contributed by atoms with Gasteiger partial charge < -0.3 is 9.88 Å². The van der Waals surface area contributed by atoms with Gasteiger partial charge in [-0.05, 0) is 38.4 Å². The minimum Gasteiger partial charge on any atom is -0.348 e. The summed E-state index contributed by atoms with van der Waals surface area (Å²) in [6, 6.07) is 11.4. The summed E-state index contributed by atoms with van der Waals surface area (Å²) in [7, 11) is 2.27. The first-order chi connectivity index (χ1) is 10.8. The fourth-order valence-electron chi connectivity index (χ4n) is 3.26. The van der Waals surface area contributed by atoms with Crippen LogP contribution in [0.4, 0.5) is 0 Å². The predicted octanol–water partition coefficient (Wildman–Crippen LogP) is 2.55. The first-order valence-corrected chi connectivity index (χ1v) is 8.26. The smallest absolute Gasteiger partial charge is 0.120 e. The van der Waals surface area contributed by atoms with Gasteiger partial charge in [-0.15, -0.1) is 0 Å². The number of aromatic amines is 1. The highest BCUT2D eigenvalue weighted by Crippen LogP contribution is 2.16. The second kappa shape index (κ2) is 7.56. The molecule has 4 heteroatoms. The molecule has 0 saturated carbocycles. The van der Waals surface area contributed by atoms with Gasteiger partial charge in [0, 0.05) is 31.5 Å². The minimum atomic E-state index is 0.660. The fourth-order valence-corrected chi connectivity index (χ4v) is 3.26. The summed E-state index contributed by atoms with van der Waals surface area (Å²) in [6.45, 7) is 4.40. The second-order valence-electron chi connectivity index (χ2n) is 6.28. The lowest BCUT2D eigenvalue weighted by molar-refractivity contribution is 0.110. The number of H-pyrrole nitrogens is 1. The molecule has 0 bridgehead atoms. The van der Waals surface area contributed by atoms with Crippen molar-refractivity contribution in [3.8, 4) is 0 Å². The van der Waals surface area contributed by atoms with Crippen molar-refractivity contribution in [1.82, 2.24) is 19.8 Å². The minimum absolute atomic E-state index is 0.660. The van der Waals surface area contributed by atoms with Crippen LogP contribution in [0.5, 0.6) is 0 Å². The number of hydrogen-bond donors (Lipinski definition) is 1. The standard InChI is InChI=1S/C18H26N4/c1-21(13-9-16-6-3-2-4-7-16)17-8-5-12-22(14-17)15-18-19-10-11-20-18/h2-4,6-7,10-11,17H,5,8-9,12-15H2,1H3,(H,19,20)/t17-/m0/s1. The van der Waals surface area contributed by atoms with Gasteiger partial charge >= 0.3 is 0 Å². The van der Waals surface area contributed by atoms with E-state index in [2.05, 4.69) is 57.1 Å². The Labute approximate surface area is 133 Å². The number of imidazole rings is 1. The molecule has 0 radical (unpaired) electrons. The van der Waals surface area contributed by atoms with Crippen molar-refractivity contribution in [2.24, 2.45) is 0 Å². The van der Waals surface area contributed by atoms with E-state index in [4.69, 9.17) is 0 Å². The SMILES string of the molecule is CN(CCc1ccccc1)[C@H]1CCCN(Cc2ncc[nH]2)C1. The van der Waals surface area contributed by atoms with Crippen LogP contribution in [0, 0.1) is 0 Å². The van der Waals surface area contributed by atoms with Gasteiger partial charge in [-0.1, -0.05) is 30.3 Å². The molecule has 4 nitrogen and oxygen atoms in total. The van der Waals surface area contributed by atoms with E-state index in [1.54, 1.807) is 0 Å². The second-order valence-corrected chi connectivity index (χ2v) is 6.28. The lowest BCUT2D eigenvalue weighted by atomic mass is 10.0. The fraction of sp³-hybridized carbons (Fsp3) is 0.500. The molecule has 2 aromatic rings. The van der Waals surface area contributed by atoms with Gasteiger partial charge in [0.25, 0.3) is 0 Å². The third-order valence-electron chi connectivity index (χ3n) is 4.63. The Morgan fingerprint density at radius 3 is 2.95 bits per heavy atom. The molecule has 118 valence electrons. The summed E-state index contributed by atoms with van der Waals surface area (Å²) >= 11 is 0. The van der Waals surface area contributed by atoms with Gasteiger partial charge in [-0.2, -0.15) is 0 Å². The van der Waals surface area contributed by atoms with Crippen LogP contribution in [0.25, 0.3) is 0 Å². The summed E-state index contributed by atoms with van der Waals surface area (Å²) in [5, 5.41) is 0. The van der Waals surface area contributed by atoms with Crippen molar-refractivity contribution in [1.29, 1.82) is 0 Å². The van der Waals surface area contributed by atoms with Crippen LogP contribution in [-0.4, -0.2) is 52.5 Å².